The van der Waals surface area contributed by atoms with Crippen LogP contribution < -0.4 is 10.2 Å². The monoisotopic (exact) mass is 695 g/mol. The molecule has 0 aromatic heterocycles. The summed E-state index contributed by atoms with van der Waals surface area (Å²) in [6.45, 7) is 5.91. The average Bonchev–Trinajstić information content (AvgIpc) is 3.03. The van der Waals surface area contributed by atoms with Crippen LogP contribution in [0.15, 0.2) is 60.7 Å². The minimum Gasteiger partial charge on any atom is -0.369 e. The minimum absolute atomic E-state index is 0.164. The van der Waals surface area contributed by atoms with E-state index in [9.17, 15) is 27.2 Å². The van der Waals surface area contributed by atoms with Gasteiger partial charge in [-0.05, 0) is 67.4 Å². The fourth-order valence-electron chi connectivity index (χ4n) is 5.72. The number of carbonyl (C=O) groups excluding carboxylic acids is 2. The van der Waals surface area contributed by atoms with Gasteiger partial charge < -0.3 is 20.0 Å². The number of nitrogens with zero attached hydrogens (tertiary/aromatic N) is 4. The van der Waals surface area contributed by atoms with E-state index in [1.54, 1.807) is 26.2 Å². The Bertz CT molecular complexity index is 1560. The van der Waals surface area contributed by atoms with Crippen molar-refractivity contribution in [3.05, 3.63) is 98.8 Å². The molecule has 1 saturated heterocycles. The van der Waals surface area contributed by atoms with E-state index in [1.807, 2.05) is 31.2 Å². The molecule has 0 radical (unpaired) electrons. The molecular formula is C34H39Cl2F4N5O2. The molecule has 1 aliphatic rings. The molecule has 1 heterocycles. The second kappa shape index (κ2) is 15.6. The summed E-state index contributed by atoms with van der Waals surface area (Å²) in [4.78, 5) is 32.9. The van der Waals surface area contributed by atoms with E-state index in [0.717, 1.165) is 49.1 Å². The molecule has 0 aliphatic carbocycles. The maximum Gasteiger partial charge on any atom is 0.416 e. The van der Waals surface area contributed by atoms with Crippen molar-refractivity contribution < 1.29 is 27.2 Å². The SMILES string of the molecule is C[C@@H](NC(=O)N(C)C)c1ccccc1N1CCN(CC[C@H](CN(C)C(=O)c2cc(F)cc(C(F)(F)F)c2)c2ccc(Cl)c(Cl)c2)CC1. The Morgan fingerprint density at radius 3 is 2.26 bits per heavy atom. The van der Waals surface area contributed by atoms with Crippen molar-refractivity contribution in [1.29, 1.82) is 0 Å². The molecule has 47 heavy (non-hydrogen) atoms. The standard InChI is InChI=1S/C34H39Cl2F4N5O2/c1-22(41-33(47)42(2)3)28-7-5-6-8-31(28)45-15-13-44(14-16-45)12-11-24(23-9-10-29(35)30(36)19-23)21-43(4)32(46)25-17-26(34(38,39)40)20-27(37)18-25/h5-10,17-20,22,24H,11-16,21H2,1-4H3,(H,41,47)/t22-,24-/m1/s1. The first-order chi connectivity index (χ1) is 22.1. The lowest BCUT2D eigenvalue weighted by Gasteiger charge is -2.38. The smallest absolute Gasteiger partial charge is 0.369 e. The number of benzene rings is 3. The molecule has 0 bridgehead atoms. The van der Waals surface area contributed by atoms with Gasteiger partial charge in [-0.3, -0.25) is 9.69 Å². The van der Waals surface area contributed by atoms with Crippen LogP contribution in [-0.2, 0) is 6.18 Å². The van der Waals surface area contributed by atoms with Crippen LogP contribution in [0.2, 0.25) is 10.0 Å². The molecule has 3 amide bonds. The van der Waals surface area contributed by atoms with E-state index >= 15 is 0 Å². The number of halogens is 6. The number of alkyl halides is 3. The van der Waals surface area contributed by atoms with Crippen LogP contribution >= 0.6 is 23.2 Å². The highest BCUT2D eigenvalue weighted by molar-refractivity contribution is 6.42. The van der Waals surface area contributed by atoms with E-state index in [-0.39, 0.29) is 30.1 Å². The third-order valence-corrected chi connectivity index (χ3v) is 9.12. The topological polar surface area (TPSA) is 59.1 Å². The number of para-hydroxylation sites is 1. The minimum atomic E-state index is -4.79. The number of anilines is 1. The Labute approximate surface area is 283 Å². The van der Waals surface area contributed by atoms with Gasteiger partial charge in [0.15, 0.2) is 0 Å². The van der Waals surface area contributed by atoms with Crippen LogP contribution in [0.5, 0.6) is 0 Å². The van der Waals surface area contributed by atoms with Gasteiger partial charge in [0.05, 0.1) is 21.7 Å². The third kappa shape index (κ3) is 9.52. The van der Waals surface area contributed by atoms with Crippen LogP contribution in [0.3, 0.4) is 0 Å². The molecule has 254 valence electrons. The van der Waals surface area contributed by atoms with Gasteiger partial charge in [-0.25, -0.2) is 9.18 Å². The number of piperazine rings is 1. The highest BCUT2D eigenvalue weighted by Gasteiger charge is 2.32. The van der Waals surface area contributed by atoms with Gasteiger partial charge in [-0.1, -0.05) is 47.5 Å². The van der Waals surface area contributed by atoms with Crippen LogP contribution in [0, 0.1) is 5.82 Å². The Morgan fingerprint density at radius 2 is 1.62 bits per heavy atom. The highest BCUT2D eigenvalue weighted by atomic mass is 35.5. The fraction of sp³-hybridized carbons (Fsp3) is 0.412. The number of likely N-dealkylation sites (N-methyl/N-ethyl adjacent to an activating group) is 1. The summed E-state index contributed by atoms with van der Waals surface area (Å²) in [6, 6.07) is 14.8. The van der Waals surface area contributed by atoms with Gasteiger partial charge in [0.25, 0.3) is 5.91 Å². The number of urea groups is 1. The molecule has 3 aromatic rings. The molecule has 7 nitrogen and oxygen atoms in total. The van der Waals surface area contributed by atoms with Crippen molar-refractivity contribution in [1.82, 2.24) is 20.0 Å². The summed E-state index contributed by atoms with van der Waals surface area (Å²) < 4.78 is 54.0. The average molecular weight is 697 g/mol. The Hall–Kier alpha value is -3.54. The van der Waals surface area contributed by atoms with E-state index in [1.165, 1.54) is 16.8 Å². The predicted octanol–water partition coefficient (Wildman–Crippen LogP) is 7.55. The summed E-state index contributed by atoms with van der Waals surface area (Å²) in [5, 5.41) is 3.75. The summed E-state index contributed by atoms with van der Waals surface area (Å²) in [7, 11) is 4.89. The lowest BCUT2D eigenvalue weighted by atomic mass is 9.94. The van der Waals surface area contributed by atoms with Gasteiger partial charge in [0.2, 0.25) is 0 Å². The first-order valence-corrected chi connectivity index (χ1v) is 16.0. The van der Waals surface area contributed by atoms with Gasteiger partial charge in [0.1, 0.15) is 5.82 Å². The zero-order valence-corrected chi connectivity index (χ0v) is 28.3. The van der Waals surface area contributed by atoms with Crippen molar-refractivity contribution in [3.8, 4) is 0 Å². The van der Waals surface area contributed by atoms with E-state index in [4.69, 9.17) is 23.2 Å². The van der Waals surface area contributed by atoms with Crippen molar-refractivity contribution in [2.24, 2.45) is 0 Å². The zero-order valence-electron chi connectivity index (χ0n) is 26.8. The molecule has 13 heteroatoms. The largest absolute Gasteiger partial charge is 0.416 e. The molecule has 1 aliphatic heterocycles. The summed E-state index contributed by atoms with van der Waals surface area (Å²) in [5.41, 5.74) is 1.34. The fourth-order valence-corrected chi connectivity index (χ4v) is 6.03. The second-order valence-electron chi connectivity index (χ2n) is 12.0. The van der Waals surface area contributed by atoms with Gasteiger partial charge >= 0.3 is 12.2 Å². The van der Waals surface area contributed by atoms with Crippen LogP contribution in [0.25, 0.3) is 0 Å². The second-order valence-corrected chi connectivity index (χ2v) is 12.8. The maximum atomic E-state index is 14.1. The third-order valence-electron chi connectivity index (χ3n) is 8.38. The zero-order chi connectivity index (χ0) is 34.5. The molecule has 3 aromatic carbocycles. The number of rotatable bonds is 10. The predicted molar refractivity (Wildman–Crippen MR) is 178 cm³/mol. The van der Waals surface area contributed by atoms with Crippen LogP contribution in [-0.4, -0.2) is 87.0 Å². The molecule has 4 rings (SSSR count). The van der Waals surface area contributed by atoms with Crippen molar-refractivity contribution in [3.63, 3.8) is 0 Å². The number of carbonyl (C=O) groups is 2. The maximum absolute atomic E-state index is 14.1. The van der Waals surface area contributed by atoms with Gasteiger partial charge in [0, 0.05) is 71.0 Å². The first kappa shape index (κ1) is 36.3. The molecule has 0 spiro atoms. The Kier molecular flexibility index (Phi) is 12.0. The van der Waals surface area contributed by atoms with Crippen molar-refractivity contribution in [2.45, 2.75) is 31.5 Å². The van der Waals surface area contributed by atoms with E-state index in [0.29, 0.717) is 35.1 Å². The molecule has 0 saturated carbocycles. The van der Waals surface area contributed by atoms with Crippen molar-refractivity contribution in [2.75, 3.05) is 65.3 Å². The van der Waals surface area contributed by atoms with Crippen molar-refractivity contribution >= 4 is 40.8 Å². The number of nitrogens with one attached hydrogen (secondary N) is 1. The van der Waals surface area contributed by atoms with Gasteiger partial charge in [-0.15, -0.1) is 0 Å². The van der Waals surface area contributed by atoms with E-state index < -0.39 is 23.5 Å². The van der Waals surface area contributed by atoms with Crippen LogP contribution in [0.1, 0.15) is 52.4 Å². The quantitative estimate of drug-likeness (QED) is 0.223. The van der Waals surface area contributed by atoms with Crippen LogP contribution in [0.4, 0.5) is 28.0 Å². The Balaban J connectivity index is 1.44. The first-order valence-electron chi connectivity index (χ1n) is 15.3. The molecule has 1 N–H and O–H groups in total. The summed E-state index contributed by atoms with van der Waals surface area (Å²) in [5.74, 6) is -2.08. The normalized spacial score (nSPS) is 15.2. The lowest BCUT2D eigenvalue weighted by molar-refractivity contribution is -0.137. The summed E-state index contributed by atoms with van der Waals surface area (Å²) >= 11 is 12.5. The Morgan fingerprint density at radius 1 is 0.936 bits per heavy atom. The molecule has 2 atom stereocenters. The highest BCUT2D eigenvalue weighted by Crippen LogP contribution is 2.33. The molecule has 0 unspecified atom stereocenters. The number of hydrogen-bond acceptors (Lipinski definition) is 4. The molecular weight excluding hydrogens is 657 g/mol. The number of amides is 3. The molecule has 1 fully saturated rings. The number of hydrogen-bond donors (Lipinski definition) is 1. The summed E-state index contributed by atoms with van der Waals surface area (Å²) in [6.07, 6.45) is -4.17. The van der Waals surface area contributed by atoms with Gasteiger partial charge in [-0.2, -0.15) is 13.2 Å². The lowest BCUT2D eigenvalue weighted by Crippen LogP contribution is -2.47. The van der Waals surface area contributed by atoms with E-state index in [2.05, 4.69) is 21.2 Å².